The highest BCUT2D eigenvalue weighted by Gasteiger charge is 2.28. The first-order valence-electron chi connectivity index (χ1n) is 8.53. The second-order valence-corrected chi connectivity index (χ2v) is 8.40. The van der Waals surface area contributed by atoms with Gasteiger partial charge >= 0.3 is 0 Å². The minimum absolute atomic E-state index is 0.291. The number of likely N-dealkylation sites (tertiary alicyclic amines) is 1. The van der Waals surface area contributed by atoms with Crippen LogP contribution < -0.4 is 0 Å². The van der Waals surface area contributed by atoms with E-state index < -0.39 is 10.0 Å². The van der Waals surface area contributed by atoms with Gasteiger partial charge in [0.2, 0.25) is 0 Å². The molecule has 0 spiro atoms. The molecule has 0 N–H and O–H groups in total. The summed E-state index contributed by atoms with van der Waals surface area (Å²) in [6.07, 6.45) is 4.60. The molecule has 4 rings (SSSR count). The predicted molar refractivity (Wildman–Crippen MR) is 98.1 cm³/mol. The first kappa shape index (κ1) is 16.3. The van der Waals surface area contributed by atoms with E-state index in [9.17, 15) is 8.42 Å². The van der Waals surface area contributed by atoms with E-state index in [1.54, 1.807) is 30.5 Å². The number of likely N-dealkylation sites (N-methyl/N-ethyl adjacent to an activating group) is 1. The van der Waals surface area contributed by atoms with Gasteiger partial charge in [0.05, 0.1) is 4.90 Å². The summed E-state index contributed by atoms with van der Waals surface area (Å²) in [6.45, 7) is 1.06. The van der Waals surface area contributed by atoms with Crippen LogP contribution in [0.2, 0.25) is 0 Å². The molecule has 1 saturated heterocycles. The molecule has 3 heterocycles. The Hall–Kier alpha value is -2.18. The molecule has 1 unspecified atom stereocenters. The third-order valence-corrected chi connectivity index (χ3v) is 6.75. The molecule has 0 amide bonds. The average Bonchev–Trinajstić information content (AvgIpc) is 3.19. The molecule has 0 radical (unpaired) electrons. The summed E-state index contributed by atoms with van der Waals surface area (Å²) in [6, 6.07) is 14.7. The Morgan fingerprint density at radius 1 is 1.16 bits per heavy atom. The van der Waals surface area contributed by atoms with Crippen LogP contribution in [0.4, 0.5) is 0 Å². The quantitative estimate of drug-likeness (QED) is 0.722. The van der Waals surface area contributed by atoms with Gasteiger partial charge in [-0.15, -0.1) is 0 Å². The second-order valence-electron chi connectivity index (χ2n) is 6.62. The zero-order valence-electron chi connectivity index (χ0n) is 14.2. The maximum Gasteiger partial charge on any atom is 0.269 e. The van der Waals surface area contributed by atoms with Gasteiger partial charge < -0.3 is 4.90 Å². The van der Waals surface area contributed by atoms with Gasteiger partial charge in [-0.25, -0.2) is 17.4 Å². The van der Waals surface area contributed by atoms with Gasteiger partial charge in [-0.1, -0.05) is 18.2 Å². The van der Waals surface area contributed by atoms with E-state index >= 15 is 0 Å². The molecule has 0 aliphatic carbocycles. The van der Waals surface area contributed by atoms with Crippen LogP contribution in [0.1, 0.15) is 18.5 Å². The highest BCUT2D eigenvalue weighted by molar-refractivity contribution is 7.90. The summed E-state index contributed by atoms with van der Waals surface area (Å²) >= 11 is 0. The van der Waals surface area contributed by atoms with Gasteiger partial charge in [-0.3, -0.25) is 0 Å². The van der Waals surface area contributed by atoms with Crippen molar-refractivity contribution in [2.75, 3.05) is 13.6 Å². The van der Waals surface area contributed by atoms with Gasteiger partial charge in [0.25, 0.3) is 10.0 Å². The van der Waals surface area contributed by atoms with Gasteiger partial charge in [-0.05, 0) is 56.8 Å². The normalized spacial score (nSPS) is 18.8. The highest BCUT2D eigenvalue weighted by Crippen LogP contribution is 2.27. The highest BCUT2D eigenvalue weighted by atomic mass is 32.2. The first-order chi connectivity index (χ1) is 12.1. The average molecular weight is 355 g/mol. The maximum atomic E-state index is 13.3. The first-order valence-corrected chi connectivity index (χ1v) is 9.97. The van der Waals surface area contributed by atoms with E-state index in [4.69, 9.17) is 0 Å². The summed E-state index contributed by atoms with van der Waals surface area (Å²) < 4.78 is 28.0. The minimum atomic E-state index is -3.68. The van der Waals surface area contributed by atoms with E-state index in [0.717, 1.165) is 30.5 Å². The second kappa shape index (κ2) is 6.28. The molecule has 5 nitrogen and oxygen atoms in total. The number of rotatable bonds is 4. The van der Waals surface area contributed by atoms with Crippen LogP contribution in [0.5, 0.6) is 0 Å². The van der Waals surface area contributed by atoms with Crippen molar-refractivity contribution in [3.05, 3.63) is 60.4 Å². The fourth-order valence-corrected chi connectivity index (χ4v) is 5.18. The van der Waals surface area contributed by atoms with Gasteiger partial charge in [0, 0.05) is 29.7 Å². The number of hydrogen-bond acceptors (Lipinski definition) is 4. The Labute approximate surface area is 148 Å². The molecule has 1 atom stereocenters. The van der Waals surface area contributed by atoms with Crippen molar-refractivity contribution in [2.24, 2.45) is 0 Å². The van der Waals surface area contributed by atoms with Crippen LogP contribution in [-0.2, 0) is 16.4 Å². The standard InChI is InChI=1S/C19H21N3O2S/c1-21-12-6-8-16(21)14-17-13-15-7-5-11-20-19(15)22(17)25(23,24)18-9-3-2-4-10-18/h2-5,7,9-11,13,16H,6,8,12,14H2,1H3. The number of pyridine rings is 1. The third kappa shape index (κ3) is 2.85. The number of fused-ring (bicyclic) bond motifs is 1. The van der Waals surface area contributed by atoms with Crippen molar-refractivity contribution >= 4 is 21.1 Å². The van der Waals surface area contributed by atoms with Gasteiger partial charge in [0.1, 0.15) is 0 Å². The molecule has 1 fully saturated rings. The Morgan fingerprint density at radius 2 is 1.96 bits per heavy atom. The summed E-state index contributed by atoms with van der Waals surface area (Å²) in [5, 5.41) is 0.859. The monoisotopic (exact) mass is 355 g/mol. The zero-order chi connectivity index (χ0) is 17.4. The van der Waals surface area contributed by atoms with Crippen LogP contribution in [0.15, 0.2) is 59.6 Å². The zero-order valence-corrected chi connectivity index (χ0v) is 15.0. The lowest BCUT2D eigenvalue weighted by Crippen LogP contribution is -2.28. The Morgan fingerprint density at radius 3 is 2.68 bits per heavy atom. The number of aromatic nitrogens is 2. The molecule has 1 aliphatic rings. The van der Waals surface area contributed by atoms with E-state index in [0.29, 0.717) is 23.0 Å². The SMILES string of the molecule is CN1CCCC1Cc1cc2cccnc2n1S(=O)(=O)c1ccccc1. The van der Waals surface area contributed by atoms with Gasteiger partial charge in [0.15, 0.2) is 5.65 Å². The van der Waals surface area contributed by atoms with E-state index in [2.05, 4.69) is 16.9 Å². The molecule has 0 bridgehead atoms. The largest absolute Gasteiger partial charge is 0.303 e. The molecular weight excluding hydrogens is 334 g/mol. The Balaban J connectivity index is 1.88. The van der Waals surface area contributed by atoms with Crippen molar-refractivity contribution in [3.8, 4) is 0 Å². The molecule has 3 aromatic rings. The topological polar surface area (TPSA) is 55.2 Å². The van der Waals surface area contributed by atoms with Crippen LogP contribution in [0.25, 0.3) is 11.0 Å². The van der Waals surface area contributed by atoms with Crippen LogP contribution >= 0.6 is 0 Å². The summed E-state index contributed by atoms with van der Waals surface area (Å²) in [5.41, 5.74) is 1.30. The molecular formula is C19H21N3O2S. The van der Waals surface area contributed by atoms with Crippen molar-refractivity contribution in [2.45, 2.75) is 30.2 Å². The molecule has 6 heteroatoms. The van der Waals surface area contributed by atoms with Crippen LogP contribution in [-0.4, -0.2) is 41.9 Å². The van der Waals surface area contributed by atoms with Crippen LogP contribution in [0, 0.1) is 0 Å². The summed E-state index contributed by atoms with van der Waals surface area (Å²) in [7, 11) is -1.57. The molecule has 0 saturated carbocycles. The number of benzene rings is 1. The number of nitrogens with zero attached hydrogens (tertiary/aromatic N) is 3. The van der Waals surface area contributed by atoms with Crippen molar-refractivity contribution in [3.63, 3.8) is 0 Å². The number of hydrogen-bond donors (Lipinski definition) is 0. The maximum absolute atomic E-state index is 13.3. The summed E-state index contributed by atoms with van der Waals surface area (Å²) in [5.74, 6) is 0. The summed E-state index contributed by atoms with van der Waals surface area (Å²) in [4.78, 5) is 6.96. The molecule has 25 heavy (non-hydrogen) atoms. The lowest BCUT2D eigenvalue weighted by atomic mass is 10.1. The fraction of sp³-hybridized carbons (Fsp3) is 0.316. The van der Waals surface area contributed by atoms with E-state index in [-0.39, 0.29) is 0 Å². The predicted octanol–water partition coefficient (Wildman–Crippen LogP) is 2.91. The van der Waals surface area contributed by atoms with Crippen molar-refractivity contribution < 1.29 is 8.42 Å². The lowest BCUT2D eigenvalue weighted by Gasteiger charge is -2.20. The Kier molecular flexibility index (Phi) is 4.09. The molecule has 1 aliphatic heterocycles. The molecule has 1 aromatic carbocycles. The third-order valence-electron chi connectivity index (χ3n) is 4.99. The van der Waals surface area contributed by atoms with Crippen molar-refractivity contribution in [1.82, 2.24) is 13.9 Å². The van der Waals surface area contributed by atoms with Gasteiger partial charge in [-0.2, -0.15) is 0 Å². The van der Waals surface area contributed by atoms with E-state index in [1.807, 2.05) is 24.3 Å². The van der Waals surface area contributed by atoms with Crippen LogP contribution in [0.3, 0.4) is 0 Å². The van der Waals surface area contributed by atoms with Crippen molar-refractivity contribution in [1.29, 1.82) is 0 Å². The smallest absolute Gasteiger partial charge is 0.269 e. The minimum Gasteiger partial charge on any atom is -0.303 e. The fourth-order valence-electron chi connectivity index (χ4n) is 3.65. The van der Waals surface area contributed by atoms with E-state index in [1.165, 1.54) is 3.97 Å². The molecule has 2 aromatic heterocycles. The lowest BCUT2D eigenvalue weighted by molar-refractivity contribution is 0.307. The Bertz CT molecular complexity index is 996. The molecule has 130 valence electrons.